The van der Waals surface area contributed by atoms with Gasteiger partial charge in [0.15, 0.2) is 0 Å². The standard InChI is InChI=1S/C36H41N3O7/c1-23-14-15-24(2)26(21-23)38-18-8-4-7-13-29(41)37-22-28(25-11-5-3-6-12-25)45-35(44)30-27-16-17-36(46-27)31(30)33(42)39(19-9-10-20-40)32(36)34(38)43/h3-6,8,11-12,14-17,21,27-28,30-32,40H,7,9-10,13,18-20,22H2,1-2H3,(H,37,41)/b8-4-/t27-,28-,30+,31+,32-,36+/m1/s1. The molecule has 4 aliphatic rings. The van der Waals surface area contributed by atoms with E-state index >= 15 is 0 Å². The molecule has 0 radical (unpaired) electrons. The molecule has 4 aliphatic heterocycles. The average Bonchev–Trinajstić information content (AvgIpc) is 3.69. The van der Waals surface area contributed by atoms with E-state index in [1.807, 2.05) is 74.5 Å². The van der Waals surface area contributed by atoms with E-state index in [4.69, 9.17) is 9.47 Å². The number of esters is 1. The van der Waals surface area contributed by atoms with Gasteiger partial charge in [0.1, 0.15) is 23.7 Å². The molecule has 2 fully saturated rings. The second kappa shape index (κ2) is 13.2. The van der Waals surface area contributed by atoms with Crippen molar-refractivity contribution in [2.45, 2.75) is 63.4 Å². The van der Waals surface area contributed by atoms with Crippen LogP contribution in [0.1, 0.15) is 48.5 Å². The Labute approximate surface area is 269 Å². The Bertz CT molecular complexity index is 1560. The van der Waals surface area contributed by atoms with Crippen molar-refractivity contribution in [3.05, 3.63) is 89.5 Å². The van der Waals surface area contributed by atoms with E-state index in [2.05, 4.69) is 5.32 Å². The number of fused-ring (bicyclic) bond motifs is 2. The second-order valence-corrected chi connectivity index (χ2v) is 12.6. The first-order valence-electron chi connectivity index (χ1n) is 16.1. The highest BCUT2D eigenvalue weighted by atomic mass is 16.6. The number of hydrogen-bond acceptors (Lipinski definition) is 7. The SMILES string of the molecule is Cc1ccc(C)c(N2C/C=C\CCC(=O)NC[C@H](c3ccccc3)OC(=O)[C@@H]3[C@H]4C(=O)N(CCCCO)[C@H](C2=O)[C@]42C=C[C@H]3O2)c1. The maximum absolute atomic E-state index is 14.9. The zero-order chi connectivity index (χ0) is 32.4. The van der Waals surface area contributed by atoms with Gasteiger partial charge < -0.3 is 29.7 Å². The monoisotopic (exact) mass is 627 g/mol. The Morgan fingerprint density at radius 3 is 2.59 bits per heavy atom. The molecule has 2 saturated heterocycles. The number of unbranched alkanes of at least 4 members (excludes halogenated alkanes) is 1. The fourth-order valence-electron chi connectivity index (χ4n) is 7.24. The van der Waals surface area contributed by atoms with Gasteiger partial charge in [0.2, 0.25) is 11.8 Å². The molecule has 6 rings (SSSR count). The molecule has 4 heterocycles. The van der Waals surface area contributed by atoms with Gasteiger partial charge in [0.05, 0.1) is 18.6 Å². The summed E-state index contributed by atoms with van der Waals surface area (Å²) in [6, 6.07) is 14.0. The minimum absolute atomic E-state index is 0.0422. The molecule has 10 nitrogen and oxygen atoms in total. The molecule has 46 heavy (non-hydrogen) atoms. The lowest BCUT2D eigenvalue weighted by atomic mass is 9.74. The van der Waals surface area contributed by atoms with Gasteiger partial charge in [-0.1, -0.05) is 66.8 Å². The van der Waals surface area contributed by atoms with E-state index in [9.17, 15) is 24.3 Å². The van der Waals surface area contributed by atoms with E-state index in [0.29, 0.717) is 30.5 Å². The first-order chi connectivity index (χ1) is 22.2. The number of nitrogens with zero attached hydrogens (tertiary/aromatic N) is 2. The number of carbonyl (C=O) groups excluding carboxylic acids is 4. The van der Waals surface area contributed by atoms with Crippen molar-refractivity contribution in [3.8, 4) is 0 Å². The van der Waals surface area contributed by atoms with Gasteiger partial charge in [-0.2, -0.15) is 0 Å². The van der Waals surface area contributed by atoms with Crippen LogP contribution in [0.5, 0.6) is 0 Å². The quantitative estimate of drug-likeness (QED) is 0.286. The number of aryl methyl sites for hydroxylation is 2. The lowest BCUT2D eigenvalue weighted by Gasteiger charge is -2.36. The van der Waals surface area contributed by atoms with E-state index < -0.39 is 41.7 Å². The van der Waals surface area contributed by atoms with Crippen LogP contribution < -0.4 is 10.2 Å². The zero-order valence-electron chi connectivity index (χ0n) is 26.3. The number of aliphatic hydroxyl groups excluding tert-OH is 1. The first-order valence-corrected chi connectivity index (χ1v) is 16.1. The number of allylic oxidation sites excluding steroid dienone is 1. The predicted molar refractivity (Wildman–Crippen MR) is 170 cm³/mol. The van der Waals surface area contributed by atoms with Crippen molar-refractivity contribution >= 4 is 29.4 Å². The van der Waals surface area contributed by atoms with Crippen LogP contribution in [0, 0.1) is 25.7 Å². The van der Waals surface area contributed by atoms with Gasteiger partial charge in [-0.25, -0.2) is 0 Å². The number of cyclic esters (lactones) is 1. The molecule has 10 heteroatoms. The highest BCUT2D eigenvalue weighted by Gasteiger charge is 2.73. The summed E-state index contributed by atoms with van der Waals surface area (Å²) in [7, 11) is 0. The molecule has 3 amide bonds. The Morgan fingerprint density at radius 1 is 1.00 bits per heavy atom. The molecule has 242 valence electrons. The normalized spacial score (nSPS) is 30.4. The number of carbonyl (C=O) groups is 4. The maximum Gasteiger partial charge on any atom is 0.313 e. The van der Waals surface area contributed by atoms with E-state index in [0.717, 1.165) is 11.1 Å². The largest absolute Gasteiger partial charge is 0.455 e. The Kier molecular flexibility index (Phi) is 9.11. The van der Waals surface area contributed by atoms with E-state index in [1.54, 1.807) is 22.0 Å². The number of aliphatic hydroxyl groups is 1. The van der Waals surface area contributed by atoms with Gasteiger partial charge in [0.25, 0.3) is 5.91 Å². The summed E-state index contributed by atoms with van der Waals surface area (Å²) in [6.07, 6.45) is 7.41. The fraction of sp³-hybridized carbons (Fsp3) is 0.444. The maximum atomic E-state index is 14.9. The van der Waals surface area contributed by atoms with Gasteiger partial charge in [-0.3, -0.25) is 19.2 Å². The number of hydrogen-bond donors (Lipinski definition) is 2. The highest BCUT2D eigenvalue weighted by molar-refractivity contribution is 6.05. The summed E-state index contributed by atoms with van der Waals surface area (Å²) in [5.41, 5.74) is 1.94. The van der Waals surface area contributed by atoms with Crippen molar-refractivity contribution in [2.75, 3.05) is 31.1 Å². The first kappa shape index (κ1) is 31.7. The van der Waals surface area contributed by atoms with E-state index in [-0.39, 0.29) is 50.4 Å². The second-order valence-electron chi connectivity index (χ2n) is 12.6. The fourth-order valence-corrected chi connectivity index (χ4v) is 7.24. The number of rotatable bonds is 6. The van der Waals surface area contributed by atoms with Crippen LogP contribution in [0.25, 0.3) is 0 Å². The molecule has 6 atom stereocenters. The minimum atomic E-state index is -1.36. The molecular formula is C36H41N3O7. The van der Waals surface area contributed by atoms with Gasteiger partial charge in [0, 0.05) is 31.8 Å². The summed E-state index contributed by atoms with van der Waals surface area (Å²) < 4.78 is 12.6. The lowest BCUT2D eigenvalue weighted by molar-refractivity contribution is -0.159. The molecular weight excluding hydrogens is 586 g/mol. The Balaban J connectivity index is 1.44. The van der Waals surface area contributed by atoms with Gasteiger partial charge in [-0.15, -0.1) is 0 Å². The molecule has 0 saturated carbocycles. The molecule has 0 unspecified atom stereocenters. The topological polar surface area (TPSA) is 125 Å². The molecule has 0 aliphatic carbocycles. The molecule has 2 N–H and O–H groups in total. The molecule has 5 bridgehead atoms. The molecule has 2 aromatic rings. The third-order valence-corrected chi connectivity index (χ3v) is 9.52. The summed E-state index contributed by atoms with van der Waals surface area (Å²) in [4.78, 5) is 59.3. The summed E-state index contributed by atoms with van der Waals surface area (Å²) in [5, 5.41) is 12.4. The Hall–Kier alpha value is -4.28. The summed E-state index contributed by atoms with van der Waals surface area (Å²) >= 11 is 0. The summed E-state index contributed by atoms with van der Waals surface area (Å²) in [6.45, 7) is 4.37. The van der Waals surface area contributed by atoms with Crippen LogP contribution in [-0.2, 0) is 28.7 Å². The number of ether oxygens (including phenoxy) is 2. The van der Waals surface area contributed by atoms with Gasteiger partial charge in [-0.05, 0) is 55.9 Å². The number of amides is 3. The molecule has 2 aromatic carbocycles. The zero-order valence-corrected chi connectivity index (χ0v) is 26.3. The third-order valence-electron chi connectivity index (χ3n) is 9.52. The van der Waals surface area contributed by atoms with E-state index in [1.165, 1.54) is 0 Å². The van der Waals surface area contributed by atoms with Crippen LogP contribution in [0.2, 0.25) is 0 Å². The van der Waals surface area contributed by atoms with Crippen LogP contribution in [0.15, 0.2) is 72.8 Å². The number of anilines is 1. The van der Waals surface area contributed by atoms with Crippen LogP contribution in [0.4, 0.5) is 5.69 Å². The molecule has 1 spiro atoms. The highest BCUT2D eigenvalue weighted by Crippen LogP contribution is 2.56. The van der Waals surface area contributed by atoms with Crippen molar-refractivity contribution in [3.63, 3.8) is 0 Å². The van der Waals surface area contributed by atoms with Crippen molar-refractivity contribution in [1.29, 1.82) is 0 Å². The third kappa shape index (κ3) is 5.76. The smallest absolute Gasteiger partial charge is 0.313 e. The van der Waals surface area contributed by atoms with Crippen LogP contribution >= 0.6 is 0 Å². The summed E-state index contributed by atoms with van der Waals surface area (Å²) in [5.74, 6) is -3.39. The lowest BCUT2D eigenvalue weighted by Crippen LogP contribution is -2.56. The number of benzene rings is 2. The molecule has 0 aromatic heterocycles. The van der Waals surface area contributed by atoms with Gasteiger partial charge >= 0.3 is 5.97 Å². The van der Waals surface area contributed by atoms with Crippen LogP contribution in [-0.4, -0.2) is 77.7 Å². The van der Waals surface area contributed by atoms with Crippen molar-refractivity contribution in [2.24, 2.45) is 11.8 Å². The van der Waals surface area contributed by atoms with Crippen molar-refractivity contribution in [1.82, 2.24) is 10.2 Å². The van der Waals surface area contributed by atoms with Crippen LogP contribution in [0.3, 0.4) is 0 Å². The number of likely N-dealkylation sites (tertiary alicyclic amines) is 1. The minimum Gasteiger partial charge on any atom is -0.455 e. The van der Waals surface area contributed by atoms with Crippen molar-refractivity contribution < 1.29 is 33.8 Å². The predicted octanol–water partition coefficient (Wildman–Crippen LogP) is 3.31. The number of nitrogens with one attached hydrogen (secondary N) is 1. The average molecular weight is 628 g/mol. The Morgan fingerprint density at radius 2 is 1.80 bits per heavy atom.